The first-order valence-electron chi connectivity index (χ1n) is 4.15. The van der Waals surface area contributed by atoms with Gasteiger partial charge < -0.3 is 10.1 Å². The summed E-state index contributed by atoms with van der Waals surface area (Å²) in [5, 5.41) is 2.67. The van der Waals surface area contributed by atoms with Crippen LogP contribution in [-0.2, 0) is 4.74 Å². The maximum Gasteiger partial charge on any atom is 0.407 e. The molecular weight excluding hydrogens is 174 g/mol. The van der Waals surface area contributed by atoms with Gasteiger partial charge in [0.25, 0.3) is 0 Å². The minimum absolute atomic E-state index is 0.315. The summed E-state index contributed by atoms with van der Waals surface area (Å²) in [5.74, 6) is 1.88. The maximum atomic E-state index is 10.9. The van der Waals surface area contributed by atoms with Gasteiger partial charge in [0.05, 0.1) is 0 Å². The van der Waals surface area contributed by atoms with E-state index in [1.54, 1.807) is 11.8 Å². The van der Waals surface area contributed by atoms with Gasteiger partial charge in [0.1, 0.15) is 5.94 Å². The van der Waals surface area contributed by atoms with E-state index >= 15 is 0 Å². The van der Waals surface area contributed by atoms with Crippen LogP contribution in [0.15, 0.2) is 0 Å². The fourth-order valence-corrected chi connectivity index (χ4v) is 0.874. The molecule has 72 valence electrons. The molecule has 0 unspecified atom stereocenters. The van der Waals surface area contributed by atoms with Crippen molar-refractivity contribution < 1.29 is 9.53 Å². The number of carbonyl (C=O) groups excluding carboxylic acids is 1. The summed E-state index contributed by atoms with van der Waals surface area (Å²) in [6, 6.07) is 0. The Morgan fingerprint density at radius 2 is 2.25 bits per heavy atom. The van der Waals surface area contributed by atoms with Crippen molar-refractivity contribution >= 4 is 17.9 Å². The Morgan fingerprint density at radius 1 is 1.58 bits per heavy atom. The molecule has 0 rings (SSSR count). The van der Waals surface area contributed by atoms with Crippen LogP contribution < -0.4 is 5.32 Å². The first kappa shape index (κ1) is 11.6. The number of alkyl carbamates (subject to hydrolysis) is 1. The van der Waals surface area contributed by atoms with Crippen molar-refractivity contribution in [2.45, 2.75) is 20.8 Å². The molecule has 0 heterocycles. The minimum atomic E-state index is -0.315. The summed E-state index contributed by atoms with van der Waals surface area (Å²) in [5.41, 5.74) is 0. The van der Waals surface area contributed by atoms with Crippen molar-refractivity contribution in [3.63, 3.8) is 0 Å². The van der Waals surface area contributed by atoms with Gasteiger partial charge in [-0.1, -0.05) is 20.8 Å². The second-order valence-corrected chi connectivity index (χ2v) is 4.04. The summed E-state index contributed by atoms with van der Waals surface area (Å²) in [6.45, 7) is 6.79. The van der Waals surface area contributed by atoms with Crippen molar-refractivity contribution in [1.29, 1.82) is 0 Å². The van der Waals surface area contributed by atoms with Crippen LogP contribution in [0.5, 0.6) is 0 Å². The Kier molecular flexibility index (Phi) is 7.05. The Balaban J connectivity index is 3.22. The largest absolute Gasteiger partial charge is 0.439 e. The van der Waals surface area contributed by atoms with Crippen molar-refractivity contribution in [2.24, 2.45) is 5.92 Å². The lowest BCUT2D eigenvalue weighted by Gasteiger charge is -2.07. The van der Waals surface area contributed by atoms with Gasteiger partial charge in [0.15, 0.2) is 0 Å². The molecule has 3 nitrogen and oxygen atoms in total. The van der Waals surface area contributed by atoms with Crippen LogP contribution in [0.3, 0.4) is 0 Å². The van der Waals surface area contributed by atoms with E-state index in [1.807, 2.05) is 20.8 Å². The number of hydrogen-bond acceptors (Lipinski definition) is 3. The molecule has 4 heteroatoms. The van der Waals surface area contributed by atoms with E-state index in [0.717, 1.165) is 5.75 Å². The molecule has 0 bridgehead atoms. The lowest BCUT2D eigenvalue weighted by Crippen LogP contribution is -2.27. The topological polar surface area (TPSA) is 38.3 Å². The first-order chi connectivity index (χ1) is 5.66. The second-order valence-electron chi connectivity index (χ2n) is 2.82. The lowest BCUT2D eigenvalue weighted by molar-refractivity contribution is 0.164. The lowest BCUT2D eigenvalue weighted by atomic mass is 10.2. The van der Waals surface area contributed by atoms with Gasteiger partial charge in [0, 0.05) is 6.54 Å². The fourth-order valence-electron chi connectivity index (χ4n) is 0.517. The third kappa shape index (κ3) is 7.72. The number of amides is 1. The summed E-state index contributed by atoms with van der Waals surface area (Å²) < 4.78 is 4.85. The van der Waals surface area contributed by atoms with Crippen LogP contribution in [0, 0.1) is 5.92 Å². The first-order valence-corrected chi connectivity index (χ1v) is 5.30. The monoisotopic (exact) mass is 191 g/mol. The molecule has 0 fully saturated rings. The zero-order valence-corrected chi connectivity index (χ0v) is 8.74. The molecule has 0 aliphatic rings. The number of carbonyl (C=O) groups is 1. The van der Waals surface area contributed by atoms with Crippen LogP contribution in [0.4, 0.5) is 4.79 Å². The molecule has 1 amide bonds. The SMILES string of the molecule is CCSCOC(=O)NCC(C)C. The van der Waals surface area contributed by atoms with Gasteiger partial charge in [0.2, 0.25) is 0 Å². The van der Waals surface area contributed by atoms with Crippen LogP contribution >= 0.6 is 11.8 Å². The van der Waals surface area contributed by atoms with Gasteiger partial charge in [-0.15, -0.1) is 11.8 Å². The van der Waals surface area contributed by atoms with E-state index < -0.39 is 0 Å². The molecule has 0 aromatic carbocycles. The van der Waals surface area contributed by atoms with E-state index in [-0.39, 0.29) is 6.09 Å². The zero-order chi connectivity index (χ0) is 9.40. The molecule has 12 heavy (non-hydrogen) atoms. The van der Waals surface area contributed by atoms with Gasteiger partial charge in [-0.25, -0.2) is 4.79 Å². The maximum absolute atomic E-state index is 10.9. The van der Waals surface area contributed by atoms with Crippen LogP contribution in [0.1, 0.15) is 20.8 Å². The molecule has 1 N–H and O–H groups in total. The Bertz CT molecular complexity index is 128. The van der Waals surface area contributed by atoms with Gasteiger partial charge in [-0.3, -0.25) is 0 Å². The molecule has 0 aliphatic carbocycles. The Labute approximate surface area is 78.2 Å². The predicted octanol–water partition coefficient (Wildman–Crippen LogP) is 2.08. The third-order valence-electron chi connectivity index (χ3n) is 1.13. The average Bonchev–Trinajstić information content (AvgIpc) is 2.01. The molecule has 0 spiro atoms. The van der Waals surface area contributed by atoms with E-state index in [9.17, 15) is 4.79 Å². The van der Waals surface area contributed by atoms with E-state index in [2.05, 4.69) is 5.32 Å². The summed E-state index contributed by atoms with van der Waals surface area (Å²) in [6.07, 6.45) is -0.315. The molecule has 0 saturated carbocycles. The average molecular weight is 191 g/mol. The van der Waals surface area contributed by atoms with Crippen molar-refractivity contribution in [3.8, 4) is 0 Å². The van der Waals surface area contributed by atoms with E-state index in [1.165, 1.54) is 0 Å². The number of ether oxygens (including phenoxy) is 1. The van der Waals surface area contributed by atoms with Crippen molar-refractivity contribution in [1.82, 2.24) is 5.32 Å². The summed E-state index contributed by atoms with van der Waals surface area (Å²) >= 11 is 1.59. The standard InChI is InChI=1S/C8H17NO2S/c1-4-12-6-11-8(10)9-5-7(2)3/h7H,4-6H2,1-3H3,(H,9,10). The van der Waals surface area contributed by atoms with Crippen LogP contribution in [-0.4, -0.2) is 24.3 Å². The summed E-state index contributed by atoms with van der Waals surface area (Å²) in [4.78, 5) is 10.9. The highest BCUT2D eigenvalue weighted by atomic mass is 32.2. The Morgan fingerprint density at radius 3 is 2.75 bits per heavy atom. The highest BCUT2D eigenvalue weighted by Crippen LogP contribution is 1.98. The number of rotatable bonds is 5. The molecule has 0 radical (unpaired) electrons. The minimum Gasteiger partial charge on any atom is -0.439 e. The van der Waals surface area contributed by atoms with Crippen molar-refractivity contribution in [2.75, 3.05) is 18.2 Å². The molecule has 0 saturated heterocycles. The van der Waals surface area contributed by atoms with Gasteiger partial charge >= 0.3 is 6.09 Å². The third-order valence-corrected chi connectivity index (χ3v) is 1.82. The number of thioether (sulfide) groups is 1. The van der Waals surface area contributed by atoms with Crippen LogP contribution in [0.25, 0.3) is 0 Å². The predicted molar refractivity (Wildman–Crippen MR) is 52.3 cm³/mol. The molecule has 0 atom stereocenters. The van der Waals surface area contributed by atoms with Crippen molar-refractivity contribution in [3.05, 3.63) is 0 Å². The normalized spacial score (nSPS) is 10.0. The van der Waals surface area contributed by atoms with Crippen LogP contribution in [0.2, 0.25) is 0 Å². The molecule has 0 aromatic heterocycles. The van der Waals surface area contributed by atoms with Gasteiger partial charge in [-0.05, 0) is 11.7 Å². The molecular formula is C8H17NO2S. The second kappa shape index (κ2) is 7.28. The van der Waals surface area contributed by atoms with E-state index in [4.69, 9.17) is 4.74 Å². The highest BCUT2D eigenvalue weighted by Gasteiger charge is 2.01. The highest BCUT2D eigenvalue weighted by molar-refractivity contribution is 7.99. The molecule has 0 aliphatic heterocycles. The fraction of sp³-hybridized carbons (Fsp3) is 0.875. The smallest absolute Gasteiger partial charge is 0.407 e. The zero-order valence-electron chi connectivity index (χ0n) is 7.92. The van der Waals surface area contributed by atoms with Gasteiger partial charge in [-0.2, -0.15) is 0 Å². The van der Waals surface area contributed by atoms with E-state index in [0.29, 0.717) is 18.4 Å². The Hall–Kier alpha value is -0.380. The number of hydrogen-bond donors (Lipinski definition) is 1. The molecule has 0 aromatic rings. The quantitative estimate of drug-likeness (QED) is 0.534. The summed E-state index contributed by atoms with van der Waals surface area (Å²) in [7, 11) is 0. The number of nitrogens with one attached hydrogen (secondary N) is 1.